The number of hydrogen-bond acceptors (Lipinski definition) is 4. The Morgan fingerprint density at radius 3 is 2.04 bits per heavy atom. The first-order valence-corrected chi connectivity index (χ1v) is 8.73. The van der Waals surface area contributed by atoms with Crippen molar-refractivity contribution in [2.75, 3.05) is 7.11 Å². The van der Waals surface area contributed by atoms with Crippen LogP contribution >= 0.6 is 0 Å². The van der Waals surface area contributed by atoms with Crippen molar-refractivity contribution in [1.29, 1.82) is 0 Å². The van der Waals surface area contributed by atoms with E-state index in [1.165, 1.54) is 0 Å². The Kier molecular flexibility index (Phi) is 6.10. The molecule has 138 valence electrons. The van der Waals surface area contributed by atoms with Gasteiger partial charge in [-0.25, -0.2) is 0 Å². The zero-order valence-electron chi connectivity index (χ0n) is 15.5. The largest absolute Gasteiger partial charge is 0.496 e. The topological polar surface area (TPSA) is 44.8 Å². The maximum atomic E-state index is 11.6. The van der Waals surface area contributed by atoms with Crippen LogP contribution in [-0.4, -0.2) is 12.9 Å². The van der Waals surface area contributed by atoms with Crippen LogP contribution in [0.15, 0.2) is 72.8 Å². The van der Waals surface area contributed by atoms with Gasteiger partial charge in [-0.05, 0) is 55.0 Å². The van der Waals surface area contributed by atoms with Crippen molar-refractivity contribution in [3.63, 3.8) is 0 Å². The van der Waals surface area contributed by atoms with Crippen LogP contribution in [0.25, 0.3) is 0 Å². The maximum absolute atomic E-state index is 11.6. The van der Waals surface area contributed by atoms with Gasteiger partial charge in [-0.3, -0.25) is 4.79 Å². The van der Waals surface area contributed by atoms with Gasteiger partial charge in [0.15, 0.2) is 5.78 Å². The van der Waals surface area contributed by atoms with E-state index in [0.29, 0.717) is 24.5 Å². The Labute approximate surface area is 159 Å². The number of rotatable bonds is 8. The van der Waals surface area contributed by atoms with Crippen LogP contribution in [0.1, 0.15) is 28.4 Å². The van der Waals surface area contributed by atoms with E-state index in [4.69, 9.17) is 14.2 Å². The SMILES string of the molecule is COc1ccc(C(C)=O)cc1COc1ccc(OCc2ccccc2)cc1. The van der Waals surface area contributed by atoms with E-state index in [9.17, 15) is 4.79 Å². The van der Waals surface area contributed by atoms with Crippen molar-refractivity contribution in [1.82, 2.24) is 0 Å². The second-order valence-corrected chi connectivity index (χ2v) is 6.12. The Morgan fingerprint density at radius 1 is 0.815 bits per heavy atom. The first-order chi connectivity index (χ1) is 13.2. The summed E-state index contributed by atoms with van der Waals surface area (Å²) in [7, 11) is 1.60. The van der Waals surface area contributed by atoms with Crippen molar-refractivity contribution in [3.05, 3.63) is 89.5 Å². The second kappa shape index (κ2) is 8.90. The molecule has 4 heteroatoms. The molecular formula is C23H22O4. The molecule has 0 fully saturated rings. The number of hydrogen-bond donors (Lipinski definition) is 0. The summed E-state index contributed by atoms with van der Waals surface area (Å²) >= 11 is 0. The first-order valence-electron chi connectivity index (χ1n) is 8.73. The summed E-state index contributed by atoms with van der Waals surface area (Å²) in [5, 5.41) is 0. The average molecular weight is 362 g/mol. The molecule has 0 aliphatic rings. The van der Waals surface area contributed by atoms with Gasteiger partial charge in [-0.2, -0.15) is 0 Å². The Morgan fingerprint density at radius 2 is 1.44 bits per heavy atom. The monoisotopic (exact) mass is 362 g/mol. The van der Waals surface area contributed by atoms with E-state index < -0.39 is 0 Å². The molecule has 27 heavy (non-hydrogen) atoms. The molecule has 0 aliphatic heterocycles. The third kappa shape index (κ3) is 5.11. The van der Waals surface area contributed by atoms with E-state index in [1.54, 1.807) is 32.2 Å². The highest BCUT2D eigenvalue weighted by molar-refractivity contribution is 5.94. The first kappa shape index (κ1) is 18.5. The molecule has 4 nitrogen and oxygen atoms in total. The van der Waals surface area contributed by atoms with Gasteiger partial charge in [-0.1, -0.05) is 30.3 Å². The van der Waals surface area contributed by atoms with E-state index >= 15 is 0 Å². The molecule has 0 aliphatic carbocycles. The number of ketones is 1. The Hall–Kier alpha value is -3.27. The number of carbonyl (C=O) groups is 1. The van der Waals surface area contributed by atoms with Gasteiger partial charge >= 0.3 is 0 Å². The van der Waals surface area contributed by atoms with Crippen molar-refractivity contribution in [2.45, 2.75) is 20.1 Å². The lowest BCUT2D eigenvalue weighted by molar-refractivity contribution is 0.101. The summed E-state index contributed by atoms with van der Waals surface area (Å²) in [6.45, 7) is 2.38. The third-order valence-electron chi connectivity index (χ3n) is 4.15. The summed E-state index contributed by atoms with van der Waals surface area (Å²) in [5.41, 5.74) is 2.59. The molecule has 0 bridgehead atoms. The number of methoxy groups -OCH3 is 1. The van der Waals surface area contributed by atoms with Gasteiger partial charge in [-0.15, -0.1) is 0 Å². The molecule has 0 aromatic heterocycles. The van der Waals surface area contributed by atoms with Crippen molar-refractivity contribution in [3.8, 4) is 17.2 Å². The molecule has 3 aromatic carbocycles. The molecule has 3 aromatic rings. The van der Waals surface area contributed by atoms with Gasteiger partial charge < -0.3 is 14.2 Å². The van der Waals surface area contributed by atoms with Gasteiger partial charge in [0.2, 0.25) is 0 Å². The highest BCUT2D eigenvalue weighted by Crippen LogP contribution is 2.24. The fraction of sp³-hybridized carbons (Fsp3) is 0.174. The Balaban J connectivity index is 1.60. The molecular weight excluding hydrogens is 340 g/mol. The van der Waals surface area contributed by atoms with Gasteiger partial charge in [0.05, 0.1) is 7.11 Å². The van der Waals surface area contributed by atoms with Gasteiger partial charge in [0, 0.05) is 11.1 Å². The predicted octanol–water partition coefficient (Wildman–Crippen LogP) is 5.06. The zero-order valence-corrected chi connectivity index (χ0v) is 15.5. The normalized spacial score (nSPS) is 10.3. The van der Waals surface area contributed by atoms with Crippen LogP contribution in [0.3, 0.4) is 0 Å². The quantitative estimate of drug-likeness (QED) is 0.526. The third-order valence-corrected chi connectivity index (χ3v) is 4.15. The number of Topliss-reactive ketones (excluding diaryl/α,β-unsaturated/α-hetero) is 1. The van der Waals surface area contributed by atoms with Crippen molar-refractivity contribution < 1.29 is 19.0 Å². The predicted molar refractivity (Wildman–Crippen MR) is 105 cm³/mol. The molecule has 0 unspecified atom stereocenters. The van der Waals surface area contributed by atoms with Crippen LogP contribution in [-0.2, 0) is 13.2 Å². The number of carbonyl (C=O) groups excluding carboxylic acids is 1. The maximum Gasteiger partial charge on any atom is 0.159 e. The minimum Gasteiger partial charge on any atom is -0.496 e. The summed E-state index contributed by atoms with van der Waals surface area (Å²) in [5.74, 6) is 2.21. The smallest absolute Gasteiger partial charge is 0.159 e. The average Bonchev–Trinajstić information content (AvgIpc) is 2.72. The number of benzene rings is 3. The standard InChI is InChI=1S/C23H22O4/c1-17(24)19-8-13-23(25-2)20(14-19)16-27-22-11-9-21(10-12-22)26-15-18-6-4-3-5-7-18/h3-14H,15-16H2,1-2H3. The molecule has 3 rings (SSSR count). The van der Waals surface area contributed by atoms with Crippen LogP contribution in [0.4, 0.5) is 0 Å². The molecule has 0 N–H and O–H groups in total. The van der Waals surface area contributed by atoms with Gasteiger partial charge in [0.1, 0.15) is 30.5 Å². The van der Waals surface area contributed by atoms with E-state index in [1.807, 2.05) is 54.6 Å². The van der Waals surface area contributed by atoms with E-state index in [2.05, 4.69) is 0 Å². The number of ether oxygens (including phenoxy) is 3. The van der Waals surface area contributed by atoms with Crippen LogP contribution in [0.5, 0.6) is 17.2 Å². The van der Waals surface area contributed by atoms with E-state index in [0.717, 1.165) is 22.6 Å². The molecule has 0 radical (unpaired) electrons. The van der Waals surface area contributed by atoms with Crippen molar-refractivity contribution in [2.24, 2.45) is 0 Å². The lowest BCUT2D eigenvalue weighted by Crippen LogP contribution is -2.02. The highest BCUT2D eigenvalue weighted by Gasteiger charge is 2.08. The zero-order chi connectivity index (χ0) is 19.1. The second-order valence-electron chi connectivity index (χ2n) is 6.12. The molecule has 0 spiro atoms. The summed E-state index contributed by atoms with van der Waals surface area (Å²) in [6.07, 6.45) is 0. The van der Waals surface area contributed by atoms with Crippen LogP contribution in [0, 0.1) is 0 Å². The summed E-state index contributed by atoms with van der Waals surface area (Å²) in [6, 6.07) is 22.8. The lowest BCUT2D eigenvalue weighted by atomic mass is 10.1. The minimum absolute atomic E-state index is 0.0128. The fourth-order valence-corrected chi connectivity index (χ4v) is 2.64. The fourth-order valence-electron chi connectivity index (χ4n) is 2.64. The van der Waals surface area contributed by atoms with Crippen molar-refractivity contribution >= 4 is 5.78 Å². The Bertz CT molecular complexity index is 886. The summed E-state index contributed by atoms with van der Waals surface area (Å²) in [4.78, 5) is 11.6. The molecule has 0 saturated carbocycles. The molecule has 0 saturated heterocycles. The van der Waals surface area contributed by atoms with Gasteiger partial charge in [0.25, 0.3) is 0 Å². The van der Waals surface area contributed by atoms with Crippen LogP contribution < -0.4 is 14.2 Å². The molecule has 0 heterocycles. The highest BCUT2D eigenvalue weighted by atomic mass is 16.5. The minimum atomic E-state index is 0.0128. The lowest BCUT2D eigenvalue weighted by Gasteiger charge is -2.12. The van der Waals surface area contributed by atoms with Crippen LogP contribution in [0.2, 0.25) is 0 Å². The molecule has 0 amide bonds. The molecule has 0 atom stereocenters. The summed E-state index contributed by atoms with van der Waals surface area (Å²) < 4.78 is 17.0. The van der Waals surface area contributed by atoms with E-state index in [-0.39, 0.29) is 5.78 Å².